The topological polar surface area (TPSA) is 61.7 Å². The van der Waals surface area contributed by atoms with Crippen molar-refractivity contribution in [1.29, 1.82) is 0 Å². The van der Waals surface area contributed by atoms with Gasteiger partial charge in [-0.3, -0.25) is 9.79 Å². The predicted octanol–water partition coefficient (Wildman–Crippen LogP) is 5.25. The van der Waals surface area contributed by atoms with Crippen molar-refractivity contribution in [3.63, 3.8) is 0 Å². The molecule has 1 saturated carbocycles. The third kappa shape index (κ3) is 3.25. The third-order valence-corrected chi connectivity index (χ3v) is 5.79. The summed E-state index contributed by atoms with van der Waals surface area (Å²) in [6.07, 6.45) is 1.37. The molecule has 2 atom stereocenters. The summed E-state index contributed by atoms with van der Waals surface area (Å²) in [5.41, 5.74) is 6.14. The van der Waals surface area contributed by atoms with Crippen LogP contribution in [0.15, 0.2) is 41.4 Å². The van der Waals surface area contributed by atoms with Crippen molar-refractivity contribution in [2.45, 2.75) is 46.6 Å². The molecule has 2 aromatic carbocycles. The Labute approximate surface area is 160 Å². The SMILES string of the molecule is Cc1cc2c(cc1C)N[C@@H](c1ccc(O)cc1)C1C(=O)CC(C)(C)CC1=N2. The molecule has 4 rings (SSSR count). The molecule has 0 saturated heterocycles. The van der Waals surface area contributed by atoms with Crippen molar-refractivity contribution in [1.82, 2.24) is 0 Å². The highest BCUT2D eigenvalue weighted by Gasteiger charge is 2.43. The van der Waals surface area contributed by atoms with E-state index in [9.17, 15) is 9.90 Å². The fraction of sp³-hybridized carbons (Fsp3) is 0.391. The first-order valence-corrected chi connectivity index (χ1v) is 9.50. The monoisotopic (exact) mass is 362 g/mol. The van der Waals surface area contributed by atoms with Gasteiger partial charge in [0, 0.05) is 12.1 Å². The van der Waals surface area contributed by atoms with Crippen molar-refractivity contribution in [2.75, 3.05) is 5.32 Å². The number of aliphatic imine (C=N–C) groups is 1. The smallest absolute Gasteiger partial charge is 0.144 e. The molecule has 0 bridgehead atoms. The fourth-order valence-electron chi connectivity index (χ4n) is 4.29. The maximum Gasteiger partial charge on any atom is 0.144 e. The van der Waals surface area contributed by atoms with Crippen LogP contribution in [0.25, 0.3) is 0 Å². The van der Waals surface area contributed by atoms with Crippen molar-refractivity contribution in [3.8, 4) is 5.75 Å². The number of Topliss-reactive ketones (excluding diaryl/α,β-unsaturated/α-hetero) is 1. The third-order valence-electron chi connectivity index (χ3n) is 5.79. The number of fused-ring (bicyclic) bond motifs is 2. The van der Waals surface area contributed by atoms with Crippen LogP contribution >= 0.6 is 0 Å². The Hall–Kier alpha value is -2.62. The van der Waals surface area contributed by atoms with Gasteiger partial charge >= 0.3 is 0 Å². The second-order valence-electron chi connectivity index (χ2n) is 8.73. The van der Waals surface area contributed by atoms with Gasteiger partial charge in [0.2, 0.25) is 0 Å². The van der Waals surface area contributed by atoms with Crippen molar-refractivity contribution >= 4 is 22.9 Å². The summed E-state index contributed by atoms with van der Waals surface area (Å²) < 4.78 is 0. The van der Waals surface area contributed by atoms with Gasteiger partial charge < -0.3 is 10.4 Å². The number of anilines is 1. The summed E-state index contributed by atoms with van der Waals surface area (Å²) in [6, 6.07) is 11.2. The van der Waals surface area contributed by atoms with Crippen LogP contribution in [0.2, 0.25) is 0 Å². The number of hydrogen-bond acceptors (Lipinski definition) is 4. The zero-order chi connectivity index (χ0) is 19.3. The molecule has 4 heteroatoms. The molecule has 1 aliphatic heterocycles. The predicted molar refractivity (Wildman–Crippen MR) is 109 cm³/mol. The van der Waals surface area contributed by atoms with Crippen LogP contribution in [0, 0.1) is 25.2 Å². The zero-order valence-corrected chi connectivity index (χ0v) is 16.3. The lowest BCUT2D eigenvalue weighted by Crippen LogP contribution is -2.42. The highest BCUT2D eigenvalue weighted by atomic mass is 16.3. The number of carbonyl (C=O) groups is 1. The summed E-state index contributed by atoms with van der Waals surface area (Å²) in [5, 5.41) is 13.3. The van der Waals surface area contributed by atoms with Gasteiger partial charge in [-0.1, -0.05) is 26.0 Å². The van der Waals surface area contributed by atoms with Gasteiger partial charge in [0.05, 0.1) is 23.3 Å². The lowest BCUT2D eigenvalue weighted by Gasteiger charge is -2.37. The number of ketones is 1. The Morgan fingerprint density at radius 3 is 2.44 bits per heavy atom. The minimum Gasteiger partial charge on any atom is -0.508 e. The highest BCUT2D eigenvalue weighted by molar-refractivity contribution is 6.10. The van der Waals surface area contributed by atoms with E-state index in [1.807, 2.05) is 12.1 Å². The maximum absolute atomic E-state index is 13.2. The molecule has 4 nitrogen and oxygen atoms in total. The average molecular weight is 362 g/mol. The number of hydrogen-bond donors (Lipinski definition) is 2. The molecule has 1 aliphatic carbocycles. The molecule has 0 spiro atoms. The molecule has 2 aromatic rings. The minimum absolute atomic E-state index is 0.0732. The summed E-state index contributed by atoms with van der Waals surface area (Å²) >= 11 is 0. The Bertz CT molecular complexity index is 942. The van der Waals surface area contributed by atoms with E-state index in [2.05, 4.69) is 45.1 Å². The van der Waals surface area contributed by atoms with Gasteiger partial charge in [0.15, 0.2) is 0 Å². The van der Waals surface area contributed by atoms with Crippen molar-refractivity contribution in [2.24, 2.45) is 16.3 Å². The van der Waals surface area contributed by atoms with E-state index in [0.717, 1.165) is 29.1 Å². The molecule has 1 heterocycles. The Morgan fingerprint density at radius 2 is 1.74 bits per heavy atom. The van der Waals surface area contributed by atoms with E-state index in [1.54, 1.807) is 12.1 Å². The molecule has 2 N–H and O–H groups in total. The lowest BCUT2D eigenvalue weighted by atomic mass is 9.68. The second-order valence-corrected chi connectivity index (χ2v) is 8.73. The first kappa shape index (κ1) is 17.8. The van der Waals surface area contributed by atoms with Gasteiger partial charge in [0.25, 0.3) is 0 Å². The molecular formula is C23H26N2O2. The molecule has 1 unspecified atom stereocenters. The van der Waals surface area contributed by atoms with E-state index in [0.29, 0.717) is 6.42 Å². The van der Waals surface area contributed by atoms with E-state index < -0.39 is 0 Å². The number of nitrogens with zero attached hydrogens (tertiary/aromatic N) is 1. The van der Waals surface area contributed by atoms with Crippen LogP contribution in [0.3, 0.4) is 0 Å². The van der Waals surface area contributed by atoms with Gasteiger partial charge in [-0.25, -0.2) is 0 Å². The lowest BCUT2D eigenvalue weighted by molar-refractivity contribution is -0.124. The Morgan fingerprint density at radius 1 is 1.07 bits per heavy atom. The summed E-state index contributed by atoms with van der Waals surface area (Å²) in [6.45, 7) is 8.45. The van der Waals surface area contributed by atoms with Crippen LogP contribution in [-0.4, -0.2) is 16.6 Å². The summed E-state index contributed by atoms with van der Waals surface area (Å²) in [7, 11) is 0. The second kappa shape index (κ2) is 6.22. The molecule has 27 heavy (non-hydrogen) atoms. The fourth-order valence-corrected chi connectivity index (χ4v) is 4.29. The van der Waals surface area contributed by atoms with Gasteiger partial charge in [0.1, 0.15) is 11.5 Å². The number of aryl methyl sites for hydroxylation is 2. The minimum atomic E-state index is -0.282. The highest BCUT2D eigenvalue weighted by Crippen LogP contribution is 2.45. The van der Waals surface area contributed by atoms with Crippen molar-refractivity contribution in [3.05, 3.63) is 53.1 Å². The normalized spacial score (nSPS) is 23.6. The zero-order valence-electron chi connectivity index (χ0n) is 16.3. The summed E-state index contributed by atoms with van der Waals surface area (Å²) in [5.74, 6) is 0.177. The number of benzene rings is 2. The Kier molecular flexibility index (Phi) is 4.10. The number of phenols is 1. The molecular weight excluding hydrogens is 336 g/mol. The molecule has 1 fully saturated rings. The van der Waals surface area contributed by atoms with Crippen LogP contribution in [0.1, 0.15) is 49.4 Å². The Balaban J connectivity index is 1.89. The maximum atomic E-state index is 13.2. The summed E-state index contributed by atoms with van der Waals surface area (Å²) in [4.78, 5) is 18.1. The molecule has 140 valence electrons. The van der Waals surface area contributed by atoms with Gasteiger partial charge in [-0.15, -0.1) is 0 Å². The van der Waals surface area contributed by atoms with E-state index >= 15 is 0 Å². The number of carbonyl (C=O) groups excluding carboxylic acids is 1. The number of nitrogens with one attached hydrogen (secondary N) is 1. The van der Waals surface area contributed by atoms with E-state index in [-0.39, 0.29) is 28.9 Å². The van der Waals surface area contributed by atoms with Crippen LogP contribution in [0.4, 0.5) is 11.4 Å². The molecule has 0 amide bonds. The number of aromatic hydroxyl groups is 1. The van der Waals surface area contributed by atoms with Crippen LogP contribution in [0.5, 0.6) is 5.75 Å². The largest absolute Gasteiger partial charge is 0.508 e. The molecule has 0 aromatic heterocycles. The quantitative estimate of drug-likeness (QED) is 0.728. The standard InChI is InChI=1S/C23H26N2O2/c1-13-9-17-18(10-14(13)2)25-22(15-5-7-16(26)8-6-15)21-19(24-17)11-23(3,4)12-20(21)27/h5-10,21-22,25-26H,11-12H2,1-4H3/t21?,22-/m0/s1. The first-order chi connectivity index (χ1) is 12.7. The number of rotatable bonds is 1. The average Bonchev–Trinajstić information content (AvgIpc) is 2.71. The van der Waals surface area contributed by atoms with Crippen molar-refractivity contribution < 1.29 is 9.90 Å². The van der Waals surface area contributed by atoms with Gasteiger partial charge in [-0.2, -0.15) is 0 Å². The van der Waals surface area contributed by atoms with Crippen LogP contribution < -0.4 is 5.32 Å². The van der Waals surface area contributed by atoms with E-state index in [4.69, 9.17) is 4.99 Å². The van der Waals surface area contributed by atoms with Crippen LogP contribution in [-0.2, 0) is 4.79 Å². The number of phenolic OH excluding ortho intramolecular Hbond substituents is 1. The van der Waals surface area contributed by atoms with E-state index in [1.165, 1.54) is 11.1 Å². The van der Waals surface area contributed by atoms with Gasteiger partial charge in [-0.05, 0) is 66.6 Å². The molecule has 2 aliphatic rings. The molecule has 0 radical (unpaired) electrons. The first-order valence-electron chi connectivity index (χ1n) is 9.50.